The molecule has 1 aromatic carbocycles. The Morgan fingerprint density at radius 1 is 1.30 bits per heavy atom. The summed E-state index contributed by atoms with van der Waals surface area (Å²) in [4.78, 5) is 25.9. The van der Waals surface area contributed by atoms with E-state index in [0.29, 0.717) is 12.4 Å². The highest BCUT2D eigenvalue weighted by Crippen LogP contribution is 2.12. The van der Waals surface area contributed by atoms with Crippen LogP contribution < -0.4 is 0 Å². The molecule has 1 aromatic heterocycles. The molecule has 1 atom stereocenters. The monoisotopic (exact) mass is 317 g/mol. The van der Waals surface area contributed by atoms with E-state index in [9.17, 15) is 9.59 Å². The molecule has 1 aliphatic heterocycles. The second-order valence-corrected chi connectivity index (χ2v) is 5.03. The van der Waals surface area contributed by atoms with Crippen molar-refractivity contribution < 1.29 is 19.4 Å². The van der Waals surface area contributed by atoms with E-state index in [1.807, 2.05) is 30.3 Å². The van der Waals surface area contributed by atoms with E-state index in [4.69, 9.17) is 9.84 Å². The minimum atomic E-state index is -1.09. The largest absolute Gasteiger partial charge is 0.480 e. The lowest BCUT2D eigenvalue weighted by Crippen LogP contribution is -2.53. The fourth-order valence-electron chi connectivity index (χ4n) is 2.33. The lowest BCUT2D eigenvalue weighted by atomic mass is 10.2. The van der Waals surface area contributed by atoms with Crippen LogP contribution in [0.4, 0.5) is 0 Å². The van der Waals surface area contributed by atoms with Gasteiger partial charge in [-0.2, -0.15) is 4.80 Å². The molecule has 1 N–H and O–H groups in total. The summed E-state index contributed by atoms with van der Waals surface area (Å²) in [5.74, 6) is -1.05. The number of benzene rings is 1. The second kappa shape index (κ2) is 6.53. The van der Waals surface area contributed by atoms with Gasteiger partial charge in [0.25, 0.3) is 0 Å². The Morgan fingerprint density at radius 2 is 2.09 bits per heavy atom. The van der Waals surface area contributed by atoms with Crippen LogP contribution >= 0.6 is 0 Å². The molecular weight excluding hydrogens is 302 g/mol. The van der Waals surface area contributed by atoms with Crippen LogP contribution in [0.1, 0.15) is 0 Å². The number of amides is 1. The highest BCUT2D eigenvalue weighted by atomic mass is 16.5. The lowest BCUT2D eigenvalue weighted by molar-refractivity contribution is -0.158. The van der Waals surface area contributed by atoms with Crippen molar-refractivity contribution in [3.05, 3.63) is 30.3 Å². The van der Waals surface area contributed by atoms with Gasteiger partial charge in [0.15, 0.2) is 6.04 Å². The van der Waals surface area contributed by atoms with Crippen molar-refractivity contribution in [3.8, 4) is 11.4 Å². The van der Waals surface area contributed by atoms with E-state index < -0.39 is 12.0 Å². The third-order valence-electron chi connectivity index (χ3n) is 3.50. The predicted octanol–water partition coefficient (Wildman–Crippen LogP) is -0.348. The molecule has 1 aliphatic rings. The summed E-state index contributed by atoms with van der Waals surface area (Å²) in [6.45, 7) is 0.371. The Labute approximate surface area is 131 Å². The van der Waals surface area contributed by atoms with Crippen molar-refractivity contribution in [2.75, 3.05) is 19.8 Å². The van der Waals surface area contributed by atoms with Crippen LogP contribution in [0.3, 0.4) is 0 Å². The number of aliphatic carboxylic acids is 1. The standard InChI is InChI=1S/C14H15N5O4/c20-12(18-6-7-23-9-11(18)14(21)22)8-19-16-13(15-17-19)10-4-2-1-3-5-10/h1-5,11H,6-9H2,(H,21,22). The molecule has 1 unspecified atom stereocenters. The number of carboxylic acids is 1. The molecule has 120 valence electrons. The number of tetrazole rings is 1. The molecule has 23 heavy (non-hydrogen) atoms. The molecule has 0 bridgehead atoms. The number of hydrogen-bond acceptors (Lipinski definition) is 6. The summed E-state index contributed by atoms with van der Waals surface area (Å²) in [6, 6.07) is 8.28. The molecule has 3 rings (SSSR count). The van der Waals surface area contributed by atoms with Crippen LogP contribution in [0, 0.1) is 0 Å². The van der Waals surface area contributed by atoms with Crippen LogP contribution in [-0.2, 0) is 20.9 Å². The van der Waals surface area contributed by atoms with Crippen LogP contribution in [0.25, 0.3) is 11.4 Å². The molecule has 0 radical (unpaired) electrons. The number of ether oxygens (including phenoxy) is 1. The third kappa shape index (κ3) is 3.34. The topological polar surface area (TPSA) is 110 Å². The van der Waals surface area contributed by atoms with E-state index in [-0.39, 0.29) is 25.6 Å². The van der Waals surface area contributed by atoms with Gasteiger partial charge in [0.05, 0.1) is 13.2 Å². The molecule has 0 saturated carbocycles. The molecule has 2 aromatic rings. The zero-order valence-corrected chi connectivity index (χ0v) is 12.2. The zero-order valence-electron chi connectivity index (χ0n) is 12.2. The first-order chi connectivity index (χ1) is 11.1. The summed E-state index contributed by atoms with van der Waals surface area (Å²) >= 11 is 0. The molecular formula is C14H15N5O4. The van der Waals surface area contributed by atoms with E-state index >= 15 is 0 Å². The van der Waals surface area contributed by atoms with Gasteiger partial charge in [0.2, 0.25) is 11.7 Å². The number of aromatic nitrogens is 4. The fraction of sp³-hybridized carbons (Fsp3) is 0.357. The van der Waals surface area contributed by atoms with Gasteiger partial charge in [-0.3, -0.25) is 4.79 Å². The van der Waals surface area contributed by atoms with Gasteiger partial charge in [-0.15, -0.1) is 10.2 Å². The average molecular weight is 317 g/mol. The highest BCUT2D eigenvalue weighted by molar-refractivity contribution is 5.83. The van der Waals surface area contributed by atoms with Crippen LogP contribution in [-0.4, -0.2) is 67.9 Å². The van der Waals surface area contributed by atoms with E-state index in [2.05, 4.69) is 15.4 Å². The van der Waals surface area contributed by atoms with Gasteiger partial charge in [0.1, 0.15) is 6.54 Å². The Balaban J connectivity index is 1.70. The van der Waals surface area contributed by atoms with Crippen molar-refractivity contribution >= 4 is 11.9 Å². The normalized spacial score (nSPS) is 17.9. The average Bonchev–Trinajstić information content (AvgIpc) is 3.04. The van der Waals surface area contributed by atoms with Crippen molar-refractivity contribution in [2.24, 2.45) is 0 Å². The summed E-state index contributed by atoms with van der Waals surface area (Å²) in [6.07, 6.45) is 0. The number of carbonyl (C=O) groups excluding carboxylic acids is 1. The first kappa shape index (κ1) is 15.1. The van der Waals surface area contributed by atoms with Crippen LogP contribution in [0.15, 0.2) is 30.3 Å². The Kier molecular flexibility index (Phi) is 4.29. The van der Waals surface area contributed by atoms with E-state index in [0.717, 1.165) is 5.56 Å². The molecule has 0 spiro atoms. The Bertz CT molecular complexity index is 702. The number of morpholine rings is 1. The van der Waals surface area contributed by atoms with E-state index in [1.54, 1.807) is 0 Å². The molecule has 9 heteroatoms. The first-order valence-corrected chi connectivity index (χ1v) is 7.08. The Morgan fingerprint density at radius 3 is 2.83 bits per heavy atom. The van der Waals surface area contributed by atoms with Gasteiger partial charge in [-0.05, 0) is 5.21 Å². The molecule has 0 aliphatic carbocycles. The maximum absolute atomic E-state index is 12.3. The summed E-state index contributed by atoms with van der Waals surface area (Å²) in [7, 11) is 0. The number of nitrogens with zero attached hydrogens (tertiary/aromatic N) is 5. The molecule has 1 amide bonds. The maximum atomic E-state index is 12.3. The van der Waals surface area contributed by atoms with Crippen molar-refractivity contribution in [3.63, 3.8) is 0 Å². The minimum Gasteiger partial charge on any atom is -0.480 e. The number of carbonyl (C=O) groups is 2. The van der Waals surface area contributed by atoms with Crippen molar-refractivity contribution in [2.45, 2.75) is 12.6 Å². The number of rotatable bonds is 4. The van der Waals surface area contributed by atoms with Crippen LogP contribution in [0.5, 0.6) is 0 Å². The molecule has 2 heterocycles. The zero-order chi connectivity index (χ0) is 16.2. The number of carboxylic acid groups (broad SMARTS) is 1. The fourth-order valence-corrected chi connectivity index (χ4v) is 2.33. The highest BCUT2D eigenvalue weighted by Gasteiger charge is 2.33. The lowest BCUT2D eigenvalue weighted by Gasteiger charge is -2.32. The van der Waals surface area contributed by atoms with Gasteiger partial charge < -0.3 is 14.7 Å². The Hall–Kier alpha value is -2.81. The summed E-state index contributed by atoms with van der Waals surface area (Å²) < 4.78 is 5.11. The molecule has 1 saturated heterocycles. The van der Waals surface area contributed by atoms with Crippen molar-refractivity contribution in [1.29, 1.82) is 0 Å². The maximum Gasteiger partial charge on any atom is 0.328 e. The SMILES string of the molecule is O=C(O)C1COCCN1C(=O)Cn1nnc(-c2ccccc2)n1. The third-order valence-corrected chi connectivity index (χ3v) is 3.50. The van der Waals surface area contributed by atoms with Gasteiger partial charge in [-0.25, -0.2) is 4.79 Å². The number of hydrogen-bond donors (Lipinski definition) is 1. The van der Waals surface area contributed by atoms with Crippen molar-refractivity contribution in [1.82, 2.24) is 25.1 Å². The van der Waals surface area contributed by atoms with E-state index in [1.165, 1.54) is 9.70 Å². The predicted molar refractivity (Wildman–Crippen MR) is 77.2 cm³/mol. The summed E-state index contributed by atoms with van der Waals surface area (Å²) in [5, 5.41) is 21.1. The molecule has 9 nitrogen and oxygen atoms in total. The summed E-state index contributed by atoms with van der Waals surface area (Å²) in [5.41, 5.74) is 0.793. The van der Waals surface area contributed by atoms with Gasteiger partial charge >= 0.3 is 5.97 Å². The second-order valence-electron chi connectivity index (χ2n) is 5.03. The van der Waals surface area contributed by atoms with Crippen LogP contribution in [0.2, 0.25) is 0 Å². The minimum absolute atomic E-state index is 0.0128. The first-order valence-electron chi connectivity index (χ1n) is 7.08. The van der Waals surface area contributed by atoms with Gasteiger partial charge in [-0.1, -0.05) is 30.3 Å². The quantitative estimate of drug-likeness (QED) is 0.820. The smallest absolute Gasteiger partial charge is 0.328 e. The van der Waals surface area contributed by atoms with Gasteiger partial charge in [0, 0.05) is 12.1 Å². The molecule has 1 fully saturated rings.